The van der Waals surface area contributed by atoms with Gasteiger partial charge in [0, 0.05) is 5.56 Å². The molecule has 0 amide bonds. The summed E-state index contributed by atoms with van der Waals surface area (Å²) in [6, 6.07) is 2.76. The molecule has 1 aromatic rings. The van der Waals surface area contributed by atoms with Gasteiger partial charge in [0.25, 0.3) is 0 Å². The van der Waals surface area contributed by atoms with Crippen molar-refractivity contribution >= 4 is 33.3 Å². The SMILES string of the molecule is Cc1cc(F)c(Br)cc1C(=O)CCl. The van der Waals surface area contributed by atoms with Crippen LogP contribution in [0.3, 0.4) is 0 Å². The Labute approximate surface area is 89.0 Å². The van der Waals surface area contributed by atoms with E-state index in [1.807, 2.05) is 0 Å². The number of Topliss-reactive ketones (excluding diaryl/α,β-unsaturated/α-hetero) is 1. The topological polar surface area (TPSA) is 17.1 Å². The van der Waals surface area contributed by atoms with Crippen molar-refractivity contribution in [2.45, 2.75) is 6.92 Å². The lowest BCUT2D eigenvalue weighted by atomic mass is 10.1. The zero-order chi connectivity index (χ0) is 10.0. The minimum Gasteiger partial charge on any atom is -0.293 e. The molecule has 1 aromatic carbocycles. The molecule has 70 valence electrons. The Balaban J connectivity index is 3.23. The monoisotopic (exact) mass is 264 g/mol. The summed E-state index contributed by atoms with van der Waals surface area (Å²) in [5.41, 5.74) is 1.06. The first-order valence-corrected chi connectivity index (χ1v) is 4.94. The van der Waals surface area contributed by atoms with Gasteiger partial charge in [0.2, 0.25) is 0 Å². The van der Waals surface area contributed by atoms with Gasteiger partial charge in [0.15, 0.2) is 5.78 Å². The Bertz CT molecular complexity index is 352. The van der Waals surface area contributed by atoms with E-state index in [0.717, 1.165) is 0 Å². The lowest BCUT2D eigenvalue weighted by Crippen LogP contribution is -2.03. The molecule has 0 aliphatic carbocycles. The molecule has 0 fully saturated rings. The van der Waals surface area contributed by atoms with E-state index >= 15 is 0 Å². The van der Waals surface area contributed by atoms with Crippen LogP contribution in [0, 0.1) is 12.7 Å². The number of ketones is 1. The van der Waals surface area contributed by atoms with Crippen molar-refractivity contribution < 1.29 is 9.18 Å². The van der Waals surface area contributed by atoms with Crippen molar-refractivity contribution in [1.82, 2.24) is 0 Å². The van der Waals surface area contributed by atoms with Crippen LogP contribution in [-0.4, -0.2) is 11.7 Å². The largest absolute Gasteiger partial charge is 0.293 e. The highest BCUT2D eigenvalue weighted by Crippen LogP contribution is 2.20. The second kappa shape index (κ2) is 4.20. The summed E-state index contributed by atoms with van der Waals surface area (Å²) in [6.07, 6.45) is 0. The third-order valence-corrected chi connectivity index (χ3v) is 2.54. The molecule has 0 saturated carbocycles. The van der Waals surface area contributed by atoms with Crippen molar-refractivity contribution in [2.75, 3.05) is 5.88 Å². The highest BCUT2D eigenvalue weighted by atomic mass is 79.9. The van der Waals surface area contributed by atoms with Crippen molar-refractivity contribution in [1.29, 1.82) is 0 Å². The smallest absolute Gasteiger partial charge is 0.177 e. The molecular weight excluding hydrogens is 258 g/mol. The second-order valence-corrected chi connectivity index (χ2v) is 3.76. The molecular formula is C9H7BrClFO. The second-order valence-electron chi connectivity index (χ2n) is 2.64. The predicted molar refractivity (Wildman–Crippen MR) is 53.9 cm³/mol. The van der Waals surface area contributed by atoms with Crippen molar-refractivity contribution in [3.8, 4) is 0 Å². The van der Waals surface area contributed by atoms with Gasteiger partial charge in [-0.05, 0) is 40.5 Å². The molecule has 0 heterocycles. The maximum atomic E-state index is 12.9. The maximum Gasteiger partial charge on any atom is 0.177 e. The van der Waals surface area contributed by atoms with Crippen LogP contribution in [0.25, 0.3) is 0 Å². The average molecular weight is 266 g/mol. The summed E-state index contributed by atoms with van der Waals surface area (Å²) in [4.78, 5) is 11.2. The molecule has 0 saturated heterocycles. The number of hydrogen-bond donors (Lipinski definition) is 0. The molecule has 0 radical (unpaired) electrons. The summed E-state index contributed by atoms with van der Waals surface area (Å²) >= 11 is 8.40. The molecule has 1 rings (SSSR count). The van der Waals surface area contributed by atoms with Gasteiger partial charge in [-0.3, -0.25) is 4.79 Å². The van der Waals surface area contributed by atoms with Crippen molar-refractivity contribution in [3.05, 3.63) is 33.5 Å². The molecule has 0 unspecified atom stereocenters. The molecule has 0 N–H and O–H groups in total. The Morgan fingerprint density at radius 2 is 2.23 bits per heavy atom. The van der Waals surface area contributed by atoms with Crippen molar-refractivity contribution in [3.63, 3.8) is 0 Å². The molecule has 0 aliphatic rings. The van der Waals surface area contributed by atoms with Gasteiger partial charge in [-0.2, -0.15) is 0 Å². The lowest BCUT2D eigenvalue weighted by molar-refractivity contribution is 0.102. The third-order valence-electron chi connectivity index (χ3n) is 1.69. The van der Waals surface area contributed by atoms with E-state index in [-0.39, 0.29) is 22.0 Å². The minimum atomic E-state index is -0.372. The highest BCUT2D eigenvalue weighted by Gasteiger charge is 2.10. The van der Waals surface area contributed by atoms with E-state index in [1.165, 1.54) is 12.1 Å². The molecule has 0 atom stereocenters. The van der Waals surface area contributed by atoms with E-state index in [4.69, 9.17) is 11.6 Å². The fourth-order valence-electron chi connectivity index (χ4n) is 1.02. The minimum absolute atomic E-state index is 0.0844. The zero-order valence-corrected chi connectivity index (χ0v) is 9.25. The van der Waals surface area contributed by atoms with E-state index in [2.05, 4.69) is 15.9 Å². The van der Waals surface area contributed by atoms with E-state index in [9.17, 15) is 9.18 Å². The molecule has 0 spiro atoms. The van der Waals surface area contributed by atoms with Crippen LogP contribution in [0.2, 0.25) is 0 Å². The fraction of sp³-hybridized carbons (Fsp3) is 0.222. The first-order chi connectivity index (χ1) is 6.06. The Hall–Kier alpha value is -0.410. The van der Waals surface area contributed by atoms with Crippen LogP contribution in [-0.2, 0) is 0 Å². The molecule has 0 bridgehead atoms. The maximum absolute atomic E-state index is 12.9. The Morgan fingerprint density at radius 1 is 1.62 bits per heavy atom. The normalized spacial score (nSPS) is 10.2. The number of carbonyl (C=O) groups excluding carboxylic acids is 1. The van der Waals surface area contributed by atoms with Crippen LogP contribution < -0.4 is 0 Å². The van der Waals surface area contributed by atoms with Gasteiger partial charge in [-0.25, -0.2) is 4.39 Å². The molecule has 0 aromatic heterocycles. The van der Waals surface area contributed by atoms with Gasteiger partial charge in [-0.15, -0.1) is 11.6 Å². The Kier molecular flexibility index (Phi) is 3.45. The standard InChI is InChI=1S/C9H7BrClFO/c1-5-2-8(12)7(10)3-6(5)9(13)4-11/h2-3H,4H2,1H3. The van der Waals surface area contributed by atoms with Crippen LogP contribution in [0.15, 0.2) is 16.6 Å². The number of hydrogen-bond acceptors (Lipinski definition) is 1. The van der Waals surface area contributed by atoms with E-state index < -0.39 is 0 Å². The number of alkyl halides is 1. The van der Waals surface area contributed by atoms with Crippen LogP contribution in [0.4, 0.5) is 4.39 Å². The number of carbonyl (C=O) groups is 1. The molecule has 13 heavy (non-hydrogen) atoms. The average Bonchev–Trinajstić information content (AvgIpc) is 2.10. The van der Waals surface area contributed by atoms with Gasteiger partial charge in [0.05, 0.1) is 10.4 Å². The first-order valence-electron chi connectivity index (χ1n) is 3.61. The van der Waals surface area contributed by atoms with Gasteiger partial charge >= 0.3 is 0 Å². The third kappa shape index (κ3) is 2.29. The summed E-state index contributed by atoms with van der Waals surface area (Å²) in [7, 11) is 0. The van der Waals surface area contributed by atoms with E-state index in [0.29, 0.717) is 11.1 Å². The summed E-state index contributed by atoms with van der Waals surface area (Å²) < 4.78 is 13.2. The summed E-state index contributed by atoms with van der Waals surface area (Å²) in [5, 5.41) is 0. The zero-order valence-electron chi connectivity index (χ0n) is 6.90. The predicted octanol–water partition coefficient (Wildman–Crippen LogP) is 3.32. The number of rotatable bonds is 2. The lowest BCUT2D eigenvalue weighted by Gasteiger charge is -2.03. The Morgan fingerprint density at radius 3 is 2.77 bits per heavy atom. The number of halogens is 3. The first kappa shape index (κ1) is 10.7. The number of aryl methyl sites for hydroxylation is 1. The number of benzene rings is 1. The van der Waals surface area contributed by atoms with E-state index in [1.54, 1.807) is 6.92 Å². The van der Waals surface area contributed by atoms with Gasteiger partial charge in [0.1, 0.15) is 5.82 Å². The van der Waals surface area contributed by atoms with Gasteiger partial charge in [-0.1, -0.05) is 0 Å². The fourth-order valence-corrected chi connectivity index (χ4v) is 1.51. The molecule has 4 heteroatoms. The molecule has 1 nitrogen and oxygen atoms in total. The van der Waals surface area contributed by atoms with Crippen LogP contribution in [0.5, 0.6) is 0 Å². The quantitative estimate of drug-likeness (QED) is 0.592. The molecule has 0 aliphatic heterocycles. The summed E-state index contributed by atoms with van der Waals surface area (Å²) in [5.74, 6) is -0.651. The van der Waals surface area contributed by atoms with Crippen molar-refractivity contribution in [2.24, 2.45) is 0 Å². The highest BCUT2D eigenvalue weighted by molar-refractivity contribution is 9.10. The summed E-state index contributed by atoms with van der Waals surface area (Å²) in [6.45, 7) is 1.68. The van der Waals surface area contributed by atoms with Crippen LogP contribution in [0.1, 0.15) is 15.9 Å². The van der Waals surface area contributed by atoms with Crippen LogP contribution >= 0.6 is 27.5 Å². The van der Waals surface area contributed by atoms with Gasteiger partial charge < -0.3 is 0 Å².